The lowest BCUT2D eigenvalue weighted by atomic mass is 10.3. The lowest BCUT2D eigenvalue weighted by Crippen LogP contribution is -2.21. The van der Waals surface area contributed by atoms with Gasteiger partial charge in [-0.25, -0.2) is 14.6 Å². The maximum Gasteiger partial charge on any atom is 0.244 e. The summed E-state index contributed by atoms with van der Waals surface area (Å²) in [6.07, 6.45) is 5.89. The molecule has 0 spiro atoms. The second-order valence-electron chi connectivity index (χ2n) is 5.83. The number of carbonyl (C=O) groups excluding carboxylic acids is 1. The summed E-state index contributed by atoms with van der Waals surface area (Å²) in [5.41, 5.74) is 2.47. The highest BCUT2D eigenvalue weighted by Gasteiger charge is 2.14. The second kappa shape index (κ2) is 6.79. The maximum absolute atomic E-state index is 12.7. The minimum absolute atomic E-state index is 0.135. The molecule has 0 aliphatic rings. The molecule has 4 aromatic rings. The van der Waals surface area contributed by atoms with Crippen molar-refractivity contribution in [3.8, 4) is 5.82 Å². The number of nitrogens with one attached hydrogen (secondary N) is 1. The average Bonchev–Trinajstić information content (AvgIpc) is 3.30. The molecule has 0 atom stereocenters. The smallest absolute Gasteiger partial charge is 0.244 e. The van der Waals surface area contributed by atoms with Crippen LogP contribution in [-0.4, -0.2) is 30.2 Å². The minimum Gasteiger partial charge on any atom is -0.321 e. The molecule has 4 rings (SSSR count). The van der Waals surface area contributed by atoms with Crippen LogP contribution in [-0.2, 0) is 17.8 Å². The highest BCUT2D eigenvalue weighted by Crippen LogP contribution is 2.19. The van der Waals surface area contributed by atoms with Crippen LogP contribution in [0.5, 0.6) is 0 Å². The third-order valence-corrected chi connectivity index (χ3v) is 4.13. The molecule has 0 bridgehead atoms. The number of nitrogens with zero attached hydrogens (tertiary/aromatic N) is 5. The molecule has 7 heteroatoms. The zero-order valence-electron chi connectivity index (χ0n) is 14.3. The molecule has 0 saturated carbocycles. The number of carbonyl (C=O) groups is 1. The van der Waals surface area contributed by atoms with Crippen LogP contribution in [0.1, 0.15) is 12.7 Å². The van der Waals surface area contributed by atoms with E-state index < -0.39 is 0 Å². The van der Waals surface area contributed by atoms with Gasteiger partial charge in [0.25, 0.3) is 0 Å². The number of amides is 1. The quantitative estimate of drug-likeness (QED) is 0.603. The largest absolute Gasteiger partial charge is 0.321 e. The molecule has 0 aliphatic carbocycles. The van der Waals surface area contributed by atoms with Crippen molar-refractivity contribution in [1.82, 2.24) is 24.3 Å². The van der Waals surface area contributed by atoms with E-state index in [0.717, 1.165) is 23.3 Å². The number of hydrogen-bond donors (Lipinski definition) is 1. The number of fused-ring (bicyclic) bond motifs is 1. The fourth-order valence-corrected chi connectivity index (χ4v) is 2.98. The molecule has 0 radical (unpaired) electrons. The van der Waals surface area contributed by atoms with Crippen molar-refractivity contribution in [2.75, 3.05) is 5.32 Å². The molecular weight excluding hydrogens is 328 g/mol. The average molecular weight is 346 g/mol. The first-order chi connectivity index (χ1) is 12.8. The monoisotopic (exact) mass is 346 g/mol. The van der Waals surface area contributed by atoms with Crippen LogP contribution in [0, 0.1) is 0 Å². The molecule has 7 nitrogen and oxygen atoms in total. The Morgan fingerprint density at radius 3 is 2.81 bits per heavy atom. The Kier molecular flexibility index (Phi) is 4.18. The predicted octanol–water partition coefficient (Wildman–Crippen LogP) is 2.82. The number of para-hydroxylation sites is 2. The van der Waals surface area contributed by atoms with Gasteiger partial charge in [-0.3, -0.25) is 4.79 Å². The molecule has 3 heterocycles. The van der Waals surface area contributed by atoms with Crippen LogP contribution in [0.2, 0.25) is 0 Å². The van der Waals surface area contributed by atoms with E-state index in [0.29, 0.717) is 11.5 Å². The van der Waals surface area contributed by atoms with Gasteiger partial charge in [0, 0.05) is 25.0 Å². The van der Waals surface area contributed by atoms with Crippen LogP contribution in [0.4, 0.5) is 5.69 Å². The zero-order valence-corrected chi connectivity index (χ0v) is 14.3. The van der Waals surface area contributed by atoms with Crippen LogP contribution >= 0.6 is 0 Å². The van der Waals surface area contributed by atoms with E-state index in [4.69, 9.17) is 0 Å². The van der Waals surface area contributed by atoms with Gasteiger partial charge in [0.05, 0.1) is 16.7 Å². The Balaban J connectivity index is 1.61. The normalized spacial score (nSPS) is 11.0. The zero-order chi connectivity index (χ0) is 17.9. The minimum atomic E-state index is -0.135. The Morgan fingerprint density at radius 2 is 2.00 bits per heavy atom. The van der Waals surface area contributed by atoms with Crippen LogP contribution in [0.3, 0.4) is 0 Å². The van der Waals surface area contributed by atoms with Gasteiger partial charge in [0.15, 0.2) is 5.82 Å². The van der Waals surface area contributed by atoms with E-state index in [1.54, 1.807) is 29.3 Å². The molecule has 0 aliphatic heterocycles. The predicted molar refractivity (Wildman–Crippen MR) is 99.1 cm³/mol. The maximum atomic E-state index is 12.7. The van der Waals surface area contributed by atoms with Gasteiger partial charge < -0.3 is 9.88 Å². The summed E-state index contributed by atoms with van der Waals surface area (Å²) < 4.78 is 3.58. The molecule has 1 N–H and O–H groups in total. The molecule has 0 unspecified atom stereocenters. The Labute approximate surface area is 150 Å². The van der Waals surface area contributed by atoms with Gasteiger partial charge in [-0.1, -0.05) is 19.1 Å². The number of imidazole rings is 1. The standard InChI is InChI=1S/C19H18N6O/c1-2-17-22-14-7-3-4-9-16(14)24(17)13-18(26)23-15-8-5-10-20-19(15)25-12-6-11-21-25/h3-12H,2,13H2,1H3,(H,23,26). The van der Waals surface area contributed by atoms with E-state index >= 15 is 0 Å². The Morgan fingerprint density at radius 1 is 1.12 bits per heavy atom. The van der Waals surface area contributed by atoms with E-state index in [1.807, 2.05) is 47.9 Å². The fourth-order valence-electron chi connectivity index (χ4n) is 2.98. The summed E-state index contributed by atoms with van der Waals surface area (Å²) in [5, 5.41) is 7.13. The van der Waals surface area contributed by atoms with Crippen molar-refractivity contribution in [1.29, 1.82) is 0 Å². The molecule has 0 fully saturated rings. The van der Waals surface area contributed by atoms with Crippen LogP contribution in [0.25, 0.3) is 16.9 Å². The molecule has 26 heavy (non-hydrogen) atoms. The third-order valence-electron chi connectivity index (χ3n) is 4.13. The molecular formula is C19H18N6O. The number of rotatable bonds is 5. The number of aromatic nitrogens is 5. The Bertz CT molecular complexity index is 1050. The fraction of sp³-hybridized carbons (Fsp3) is 0.158. The highest BCUT2D eigenvalue weighted by atomic mass is 16.2. The van der Waals surface area contributed by atoms with Crippen LogP contribution in [0.15, 0.2) is 61.1 Å². The van der Waals surface area contributed by atoms with E-state index in [2.05, 4.69) is 20.4 Å². The SMILES string of the molecule is CCc1nc2ccccc2n1CC(=O)Nc1cccnc1-n1cccn1. The molecule has 1 amide bonds. The van der Waals surface area contributed by atoms with Gasteiger partial charge in [0.2, 0.25) is 5.91 Å². The highest BCUT2D eigenvalue weighted by molar-refractivity contribution is 5.93. The summed E-state index contributed by atoms with van der Waals surface area (Å²) in [4.78, 5) is 21.6. The van der Waals surface area contributed by atoms with Gasteiger partial charge in [-0.15, -0.1) is 0 Å². The second-order valence-corrected chi connectivity index (χ2v) is 5.83. The van der Waals surface area contributed by atoms with Gasteiger partial charge in [-0.05, 0) is 30.3 Å². The molecule has 3 aromatic heterocycles. The van der Waals surface area contributed by atoms with Crippen molar-refractivity contribution in [3.05, 3.63) is 66.9 Å². The van der Waals surface area contributed by atoms with Gasteiger partial charge >= 0.3 is 0 Å². The molecule has 0 saturated heterocycles. The van der Waals surface area contributed by atoms with Gasteiger partial charge in [-0.2, -0.15) is 5.10 Å². The van der Waals surface area contributed by atoms with E-state index in [1.165, 1.54) is 0 Å². The summed E-state index contributed by atoms with van der Waals surface area (Å²) >= 11 is 0. The van der Waals surface area contributed by atoms with E-state index in [-0.39, 0.29) is 12.5 Å². The summed E-state index contributed by atoms with van der Waals surface area (Å²) in [6, 6.07) is 13.3. The first-order valence-corrected chi connectivity index (χ1v) is 8.45. The number of hydrogen-bond acceptors (Lipinski definition) is 4. The Hall–Kier alpha value is -3.48. The lowest BCUT2D eigenvalue weighted by molar-refractivity contribution is -0.116. The number of pyridine rings is 1. The first-order valence-electron chi connectivity index (χ1n) is 8.45. The lowest BCUT2D eigenvalue weighted by Gasteiger charge is -2.12. The van der Waals surface area contributed by atoms with Crippen LogP contribution < -0.4 is 5.32 Å². The first kappa shape index (κ1) is 16.0. The number of benzene rings is 1. The molecule has 1 aromatic carbocycles. The number of anilines is 1. The topological polar surface area (TPSA) is 77.6 Å². The van der Waals surface area contributed by atoms with E-state index in [9.17, 15) is 4.79 Å². The third kappa shape index (κ3) is 2.95. The van der Waals surface area contributed by atoms with Crippen molar-refractivity contribution in [2.45, 2.75) is 19.9 Å². The van der Waals surface area contributed by atoms with Crippen molar-refractivity contribution >= 4 is 22.6 Å². The van der Waals surface area contributed by atoms with Gasteiger partial charge in [0.1, 0.15) is 12.4 Å². The van der Waals surface area contributed by atoms with Crippen molar-refractivity contribution in [3.63, 3.8) is 0 Å². The molecule has 130 valence electrons. The van der Waals surface area contributed by atoms with Crippen molar-refractivity contribution < 1.29 is 4.79 Å². The summed E-state index contributed by atoms with van der Waals surface area (Å²) in [5.74, 6) is 1.33. The van der Waals surface area contributed by atoms with Crippen molar-refractivity contribution in [2.24, 2.45) is 0 Å². The summed E-state index contributed by atoms with van der Waals surface area (Å²) in [7, 11) is 0. The number of aryl methyl sites for hydroxylation is 1. The summed E-state index contributed by atoms with van der Waals surface area (Å²) in [6.45, 7) is 2.23.